The summed E-state index contributed by atoms with van der Waals surface area (Å²) < 4.78 is 10.9. The van der Waals surface area contributed by atoms with Crippen LogP contribution in [0.2, 0.25) is 0 Å². The summed E-state index contributed by atoms with van der Waals surface area (Å²) in [5, 5.41) is 3.27. The Morgan fingerprint density at radius 3 is 2.12 bits per heavy atom. The van der Waals surface area contributed by atoms with Crippen molar-refractivity contribution in [3.63, 3.8) is 0 Å². The second-order valence-corrected chi connectivity index (χ2v) is 4.47. The van der Waals surface area contributed by atoms with Crippen molar-refractivity contribution in [1.29, 1.82) is 0 Å². The fourth-order valence-corrected chi connectivity index (χ4v) is 1.39. The van der Waals surface area contributed by atoms with E-state index in [4.69, 9.17) is 9.47 Å². The van der Waals surface area contributed by atoms with E-state index in [1.807, 2.05) is 0 Å². The van der Waals surface area contributed by atoms with Crippen molar-refractivity contribution in [3.05, 3.63) is 0 Å². The second kappa shape index (κ2) is 12.9. The molecular weight excluding hydrogens is 202 g/mol. The molecule has 0 aromatic heterocycles. The molecule has 0 fully saturated rings. The van der Waals surface area contributed by atoms with Crippen LogP contribution in [0.5, 0.6) is 0 Å². The molecule has 0 radical (unpaired) electrons. The molecule has 0 aromatic rings. The van der Waals surface area contributed by atoms with Gasteiger partial charge in [-0.2, -0.15) is 0 Å². The largest absolute Gasteiger partial charge is 0.379 e. The molecule has 0 atom stereocenters. The van der Waals surface area contributed by atoms with Crippen molar-refractivity contribution < 1.29 is 9.47 Å². The van der Waals surface area contributed by atoms with Crippen LogP contribution in [0.15, 0.2) is 0 Å². The Morgan fingerprint density at radius 1 is 0.938 bits per heavy atom. The third-order valence-electron chi connectivity index (χ3n) is 2.33. The summed E-state index contributed by atoms with van der Waals surface area (Å²) in [6, 6.07) is 0. The maximum atomic E-state index is 5.47. The smallest absolute Gasteiger partial charge is 0.0700 e. The maximum absolute atomic E-state index is 5.47. The third kappa shape index (κ3) is 13.9. The lowest BCUT2D eigenvalue weighted by Crippen LogP contribution is -2.16. The highest BCUT2D eigenvalue weighted by atomic mass is 16.5. The number of ether oxygens (including phenoxy) is 2. The lowest BCUT2D eigenvalue weighted by Gasteiger charge is -2.07. The summed E-state index contributed by atoms with van der Waals surface area (Å²) in [5.74, 6) is 0.783. The predicted octanol–water partition coefficient (Wildman–Crippen LogP) is 2.46. The minimum Gasteiger partial charge on any atom is -0.379 e. The zero-order valence-electron chi connectivity index (χ0n) is 11.3. The van der Waals surface area contributed by atoms with Gasteiger partial charge in [-0.15, -0.1) is 0 Å². The molecule has 0 rings (SSSR count). The van der Waals surface area contributed by atoms with Gasteiger partial charge in [0, 0.05) is 13.2 Å². The third-order valence-corrected chi connectivity index (χ3v) is 2.33. The molecule has 0 bridgehead atoms. The van der Waals surface area contributed by atoms with E-state index in [-0.39, 0.29) is 0 Å². The zero-order chi connectivity index (χ0) is 12.1. The molecule has 0 saturated heterocycles. The molecule has 0 heterocycles. The molecule has 3 heteroatoms. The van der Waals surface area contributed by atoms with Crippen molar-refractivity contribution in [3.8, 4) is 0 Å². The molecule has 0 amide bonds. The SMILES string of the molecule is CCNCCCOCCOCCCC(C)C. The van der Waals surface area contributed by atoms with Crippen LogP contribution in [-0.4, -0.2) is 39.5 Å². The van der Waals surface area contributed by atoms with E-state index in [1.54, 1.807) is 0 Å². The van der Waals surface area contributed by atoms with Crippen molar-refractivity contribution in [2.75, 3.05) is 39.5 Å². The highest BCUT2D eigenvalue weighted by molar-refractivity contribution is 4.45. The summed E-state index contributed by atoms with van der Waals surface area (Å²) in [7, 11) is 0. The van der Waals surface area contributed by atoms with Crippen LogP contribution in [-0.2, 0) is 9.47 Å². The fraction of sp³-hybridized carbons (Fsp3) is 1.00. The molecule has 0 aliphatic carbocycles. The van der Waals surface area contributed by atoms with Crippen LogP contribution in [0.3, 0.4) is 0 Å². The quantitative estimate of drug-likeness (QED) is 0.523. The first-order valence-electron chi connectivity index (χ1n) is 6.63. The topological polar surface area (TPSA) is 30.5 Å². The predicted molar refractivity (Wildman–Crippen MR) is 68.9 cm³/mol. The minimum absolute atomic E-state index is 0.730. The molecule has 3 nitrogen and oxygen atoms in total. The summed E-state index contributed by atoms with van der Waals surface area (Å²) in [6.07, 6.45) is 3.50. The molecule has 16 heavy (non-hydrogen) atoms. The first kappa shape index (κ1) is 15.9. The fourth-order valence-electron chi connectivity index (χ4n) is 1.39. The van der Waals surface area contributed by atoms with E-state index in [0.29, 0.717) is 0 Å². The Balaban J connectivity index is 2.88. The molecule has 0 aliphatic heterocycles. The van der Waals surface area contributed by atoms with Gasteiger partial charge >= 0.3 is 0 Å². The number of rotatable bonds is 12. The van der Waals surface area contributed by atoms with E-state index in [2.05, 4.69) is 26.1 Å². The van der Waals surface area contributed by atoms with Crippen LogP contribution in [0.25, 0.3) is 0 Å². The van der Waals surface area contributed by atoms with Crippen LogP contribution in [0.1, 0.15) is 40.0 Å². The van der Waals surface area contributed by atoms with Gasteiger partial charge in [-0.25, -0.2) is 0 Å². The summed E-state index contributed by atoms with van der Waals surface area (Å²) in [6.45, 7) is 11.9. The van der Waals surface area contributed by atoms with E-state index < -0.39 is 0 Å². The van der Waals surface area contributed by atoms with Crippen molar-refractivity contribution in [2.45, 2.75) is 40.0 Å². The van der Waals surface area contributed by atoms with E-state index >= 15 is 0 Å². The average molecular weight is 231 g/mol. The van der Waals surface area contributed by atoms with E-state index in [1.165, 1.54) is 6.42 Å². The summed E-state index contributed by atoms with van der Waals surface area (Å²) >= 11 is 0. The van der Waals surface area contributed by atoms with Gasteiger partial charge in [0.25, 0.3) is 0 Å². The van der Waals surface area contributed by atoms with Crippen LogP contribution in [0, 0.1) is 5.92 Å². The van der Waals surface area contributed by atoms with Gasteiger partial charge in [-0.05, 0) is 38.3 Å². The van der Waals surface area contributed by atoms with Crippen LogP contribution in [0.4, 0.5) is 0 Å². The highest BCUT2D eigenvalue weighted by Crippen LogP contribution is 2.02. The molecule has 0 unspecified atom stereocenters. The van der Waals surface area contributed by atoms with Gasteiger partial charge in [0.2, 0.25) is 0 Å². The molecule has 98 valence electrons. The minimum atomic E-state index is 0.730. The van der Waals surface area contributed by atoms with Crippen LogP contribution < -0.4 is 5.32 Å². The first-order chi connectivity index (χ1) is 7.77. The van der Waals surface area contributed by atoms with Gasteiger partial charge in [0.05, 0.1) is 13.2 Å². The van der Waals surface area contributed by atoms with Gasteiger partial charge in [0.15, 0.2) is 0 Å². The Bertz CT molecular complexity index is 129. The summed E-state index contributed by atoms with van der Waals surface area (Å²) in [4.78, 5) is 0. The Morgan fingerprint density at radius 2 is 1.56 bits per heavy atom. The average Bonchev–Trinajstić information content (AvgIpc) is 2.25. The van der Waals surface area contributed by atoms with E-state index in [9.17, 15) is 0 Å². The molecular formula is C13H29NO2. The number of nitrogens with one attached hydrogen (secondary N) is 1. The van der Waals surface area contributed by atoms with Gasteiger partial charge < -0.3 is 14.8 Å². The van der Waals surface area contributed by atoms with Gasteiger partial charge in [-0.1, -0.05) is 20.8 Å². The monoisotopic (exact) mass is 231 g/mol. The molecule has 0 spiro atoms. The van der Waals surface area contributed by atoms with E-state index in [0.717, 1.165) is 58.3 Å². The Kier molecular flexibility index (Phi) is 12.9. The van der Waals surface area contributed by atoms with Crippen molar-refractivity contribution >= 4 is 0 Å². The van der Waals surface area contributed by atoms with Crippen molar-refractivity contribution in [1.82, 2.24) is 5.32 Å². The molecule has 0 aromatic carbocycles. The Hall–Kier alpha value is -0.120. The van der Waals surface area contributed by atoms with Crippen LogP contribution >= 0.6 is 0 Å². The number of hydrogen-bond donors (Lipinski definition) is 1. The Labute approximate surface area is 101 Å². The molecule has 1 N–H and O–H groups in total. The lowest BCUT2D eigenvalue weighted by molar-refractivity contribution is 0.0449. The van der Waals surface area contributed by atoms with Crippen molar-refractivity contribution in [2.24, 2.45) is 5.92 Å². The van der Waals surface area contributed by atoms with Gasteiger partial charge in [0.1, 0.15) is 0 Å². The standard InChI is InChI=1S/C13H29NO2/c1-4-14-8-6-10-16-12-11-15-9-5-7-13(2)3/h13-14H,4-12H2,1-3H3. The number of hydrogen-bond acceptors (Lipinski definition) is 3. The first-order valence-corrected chi connectivity index (χ1v) is 6.63. The second-order valence-electron chi connectivity index (χ2n) is 4.47. The summed E-state index contributed by atoms with van der Waals surface area (Å²) in [5.41, 5.74) is 0. The lowest BCUT2D eigenvalue weighted by atomic mass is 10.1. The highest BCUT2D eigenvalue weighted by Gasteiger charge is 1.94. The maximum Gasteiger partial charge on any atom is 0.0700 e. The molecule has 0 saturated carbocycles. The normalized spacial score (nSPS) is 11.2. The molecule has 0 aliphatic rings. The zero-order valence-corrected chi connectivity index (χ0v) is 11.3. The van der Waals surface area contributed by atoms with Gasteiger partial charge in [-0.3, -0.25) is 0 Å².